The van der Waals surface area contributed by atoms with Gasteiger partial charge in [-0.3, -0.25) is 0 Å². The molecule has 2 nitrogen and oxygen atoms in total. The fourth-order valence-electron chi connectivity index (χ4n) is 2.78. The number of halogens is 1. The summed E-state index contributed by atoms with van der Waals surface area (Å²) in [5.41, 5.74) is 1.92. The second-order valence-corrected chi connectivity index (χ2v) is 6.71. The van der Waals surface area contributed by atoms with Crippen molar-refractivity contribution in [3.05, 3.63) is 28.8 Å². The predicted molar refractivity (Wildman–Crippen MR) is 77.5 cm³/mol. The SMILES string of the molecule is Cc1cccc(Cl)c1NC1CC(C)(C)OC1(C)C. The van der Waals surface area contributed by atoms with Crippen LogP contribution in [-0.2, 0) is 4.74 Å². The summed E-state index contributed by atoms with van der Waals surface area (Å²) >= 11 is 6.27. The van der Waals surface area contributed by atoms with Crippen LogP contribution in [0, 0.1) is 6.92 Å². The minimum absolute atomic E-state index is 0.0870. The Hall–Kier alpha value is -0.730. The highest BCUT2D eigenvalue weighted by Gasteiger charge is 2.46. The van der Waals surface area contributed by atoms with Gasteiger partial charge in [0.25, 0.3) is 0 Å². The van der Waals surface area contributed by atoms with Gasteiger partial charge in [0, 0.05) is 0 Å². The molecule has 0 spiro atoms. The fourth-order valence-corrected chi connectivity index (χ4v) is 3.05. The maximum atomic E-state index is 6.27. The fraction of sp³-hybridized carbons (Fsp3) is 0.600. The van der Waals surface area contributed by atoms with Crippen LogP contribution in [0.4, 0.5) is 5.69 Å². The average molecular weight is 268 g/mol. The number of ether oxygens (including phenoxy) is 1. The van der Waals surface area contributed by atoms with Crippen LogP contribution in [0.25, 0.3) is 0 Å². The number of nitrogens with one attached hydrogen (secondary N) is 1. The summed E-state index contributed by atoms with van der Waals surface area (Å²) in [7, 11) is 0. The van der Waals surface area contributed by atoms with E-state index in [9.17, 15) is 0 Å². The van der Waals surface area contributed by atoms with Gasteiger partial charge in [0.1, 0.15) is 0 Å². The Morgan fingerprint density at radius 1 is 1.28 bits per heavy atom. The molecule has 1 aromatic rings. The zero-order valence-electron chi connectivity index (χ0n) is 11.8. The molecule has 0 saturated carbocycles. The van der Waals surface area contributed by atoms with Crippen molar-refractivity contribution in [2.75, 3.05) is 5.32 Å². The molecule has 1 aromatic carbocycles. The minimum atomic E-state index is -0.185. The summed E-state index contributed by atoms with van der Waals surface area (Å²) in [5.74, 6) is 0. The van der Waals surface area contributed by atoms with Crippen LogP contribution in [-0.4, -0.2) is 17.2 Å². The third-order valence-corrected chi connectivity index (χ3v) is 3.93. The molecule has 0 radical (unpaired) electrons. The first kappa shape index (κ1) is 13.7. The second kappa shape index (κ2) is 4.43. The summed E-state index contributed by atoms with van der Waals surface area (Å²) in [4.78, 5) is 0. The third kappa shape index (κ3) is 2.65. The number of rotatable bonds is 2. The molecule has 1 N–H and O–H groups in total. The zero-order valence-corrected chi connectivity index (χ0v) is 12.6. The molecule has 100 valence electrons. The summed E-state index contributed by atoms with van der Waals surface area (Å²) in [6.07, 6.45) is 0.977. The van der Waals surface area contributed by atoms with Crippen LogP contribution in [0.3, 0.4) is 0 Å². The molecule has 1 atom stereocenters. The molecule has 1 heterocycles. The van der Waals surface area contributed by atoms with E-state index in [0.717, 1.165) is 17.1 Å². The lowest BCUT2D eigenvalue weighted by Crippen LogP contribution is -2.38. The Labute approximate surface area is 115 Å². The molecule has 0 aliphatic carbocycles. The number of para-hydroxylation sites is 1. The number of benzene rings is 1. The molecule has 1 unspecified atom stereocenters. The van der Waals surface area contributed by atoms with Crippen LogP contribution in [0.15, 0.2) is 18.2 Å². The van der Waals surface area contributed by atoms with Crippen LogP contribution >= 0.6 is 11.6 Å². The highest BCUT2D eigenvalue weighted by molar-refractivity contribution is 6.33. The van der Waals surface area contributed by atoms with Crippen LogP contribution < -0.4 is 5.32 Å². The van der Waals surface area contributed by atoms with Crippen LogP contribution in [0.5, 0.6) is 0 Å². The van der Waals surface area contributed by atoms with E-state index >= 15 is 0 Å². The molecule has 1 saturated heterocycles. The van der Waals surface area contributed by atoms with E-state index in [1.807, 2.05) is 12.1 Å². The van der Waals surface area contributed by atoms with E-state index in [2.05, 4.69) is 46.0 Å². The highest BCUT2D eigenvalue weighted by atomic mass is 35.5. The van der Waals surface area contributed by atoms with Gasteiger partial charge in [-0.05, 0) is 52.7 Å². The first-order valence-electron chi connectivity index (χ1n) is 6.43. The van der Waals surface area contributed by atoms with Gasteiger partial charge in [-0.25, -0.2) is 0 Å². The minimum Gasteiger partial charge on any atom is -0.378 e. The largest absolute Gasteiger partial charge is 0.378 e. The molecular weight excluding hydrogens is 246 g/mol. The quantitative estimate of drug-likeness (QED) is 0.857. The van der Waals surface area contributed by atoms with Crippen molar-refractivity contribution < 1.29 is 4.74 Å². The van der Waals surface area contributed by atoms with Crippen molar-refractivity contribution in [3.8, 4) is 0 Å². The maximum absolute atomic E-state index is 6.27. The lowest BCUT2D eigenvalue weighted by Gasteiger charge is -2.29. The Kier molecular flexibility index (Phi) is 3.37. The summed E-state index contributed by atoms with van der Waals surface area (Å²) in [6.45, 7) is 10.6. The molecule has 0 amide bonds. The van der Waals surface area contributed by atoms with E-state index in [0.29, 0.717) is 0 Å². The second-order valence-electron chi connectivity index (χ2n) is 6.30. The summed E-state index contributed by atoms with van der Waals surface area (Å²) < 4.78 is 6.10. The normalized spacial score (nSPS) is 25.1. The molecule has 0 bridgehead atoms. The molecule has 1 fully saturated rings. The molecule has 0 aromatic heterocycles. The van der Waals surface area contributed by atoms with Gasteiger partial charge in [0.2, 0.25) is 0 Å². The van der Waals surface area contributed by atoms with E-state index in [1.165, 1.54) is 5.56 Å². The van der Waals surface area contributed by atoms with Gasteiger partial charge >= 0.3 is 0 Å². The van der Waals surface area contributed by atoms with Crippen molar-refractivity contribution in [1.29, 1.82) is 0 Å². The first-order chi connectivity index (χ1) is 8.21. The number of hydrogen-bond donors (Lipinski definition) is 1. The van der Waals surface area contributed by atoms with Crippen molar-refractivity contribution >= 4 is 17.3 Å². The smallest absolute Gasteiger partial charge is 0.0834 e. The monoisotopic (exact) mass is 267 g/mol. The van der Waals surface area contributed by atoms with E-state index in [4.69, 9.17) is 16.3 Å². The number of anilines is 1. The molecule has 1 aliphatic heterocycles. The number of hydrogen-bond acceptors (Lipinski definition) is 2. The standard InChI is InChI=1S/C15H22ClNO/c1-10-7-6-8-11(16)13(10)17-12-9-14(2,3)18-15(12,4)5/h6-8,12,17H,9H2,1-5H3. The Morgan fingerprint density at radius 3 is 2.44 bits per heavy atom. The molecule has 18 heavy (non-hydrogen) atoms. The predicted octanol–water partition coefficient (Wildman–Crippen LogP) is 4.41. The van der Waals surface area contributed by atoms with Crippen molar-refractivity contribution in [2.45, 2.75) is 58.3 Å². The van der Waals surface area contributed by atoms with E-state index in [1.54, 1.807) is 0 Å². The van der Waals surface area contributed by atoms with Crippen LogP contribution in [0.1, 0.15) is 39.7 Å². The van der Waals surface area contributed by atoms with Crippen molar-refractivity contribution in [2.24, 2.45) is 0 Å². The molecule has 1 aliphatic rings. The van der Waals surface area contributed by atoms with Gasteiger partial charge < -0.3 is 10.1 Å². The van der Waals surface area contributed by atoms with E-state index < -0.39 is 0 Å². The molecule has 3 heteroatoms. The van der Waals surface area contributed by atoms with Gasteiger partial charge in [-0.2, -0.15) is 0 Å². The van der Waals surface area contributed by atoms with Crippen molar-refractivity contribution in [1.82, 2.24) is 0 Å². The first-order valence-corrected chi connectivity index (χ1v) is 6.81. The van der Waals surface area contributed by atoms with Crippen molar-refractivity contribution in [3.63, 3.8) is 0 Å². The lowest BCUT2D eigenvalue weighted by molar-refractivity contribution is -0.0662. The van der Waals surface area contributed by atoms with Gasteiger partial charge in [0.15, 0.2) is 0 Å². The number of aryl methyl sites for hydroxylation is 1. The van der Waals surface area contributed by atoms with E-state index in [-0.39, 0.29) is 17.2 Å². The van der Waals surface area contributed by atoms with Crippen LogP contribution in [0.2, 0.25) is 5.02 Å². The topological polar surface area (TPSA) is 21.3 Å². The van der Waals surface area contributed by atoms with Gasteiger partial charge in [-0.1, -0.05) is 23.7 Å². The Morgan fingerprint density at radius 2 is 1.94 bits per heavy atom. The lowest BCUT2D eigenvalue weighted by atomic mass is 9.94. The maximum Gasteiger partial charge on any atom is 0.0834 e. The molecule has 2 rings (SSSR count). The summed E-state index contributed by atoms with van der Waals surface area (Å²) in [6, 6.07) is 6.24. The van der Waals surface area contributed by atoms with Gasteiger partial charge in [0.05, 0.1) is 28.0 Å². The van der Waals surface area contributed by atoms with Gasteiger partial charge in [-0.15, -0.1) is 0 Å². The Bertz CT molecular complexity index is 434. The average Bonchev–Trinajstić information content (AvgIpc) is 2.40. The Balaban J connectivity index is 2.25. The highest BCUT2D eigenvalue weighted by Crippen LogP contribution is 2.40. The zero-order chi connectivity index (χ0) is 13.6. The molecular formula is C15H22ClNO. The summed E-state index contributed by atoms with van der Waals surface area (Å²) in [5, 5.41) is 4.34. The third-order valence-electron chi connectivity index (χ3n) is 3.61.